The van der Waals surface area contributed by atoms with Gasteiger partial charge in [-0.2, -0.15) is 0 Å². The second kappa shape index (κ2) is 6.04. The molecule has 1 aromatic rings. The third kappa shape index (κ3) is 2.87. The highest BCUT2D eigenvalue weighted by Crippen LogP contribution is 2.37. The van der Waals surface area contributed by atoms with E-state index in [0.717, 1.165) is 29.9 Å². The maximum Gasteiger partial charge on any atom is 0.136 e. The average molecular weight is 314 g/mol. The lowest BCUT2D eigenvalue weighted by Crippen LogP contribution is -2.33. The van der Waals surface area contributed by atoms with E-state index in [2.05, 4.69) is 47.2 Å². The van der Waals surface area contributed by atoms with E-state index in [1.165, 1.54) is 11.1 Å². The minimum absolute atomic E-state index is 0.137. The van der Waals surface area contributed by atoms with Gasteiger partial charge in [0, 0.05) is 13.1 Å². The number of rotatable bonds is 3. The molecule has 4 heteroatoms. The minimum atomic E-state index is 0.137. The Morgan fingerprint density at radius 1 is 1.44 bits per heavy atom. The van der Waals surface area contributed by atoms with Gasteiger partial charge in [0.05, 0.1) is 24.3 Å². The van der Waals surface area contributed by atoms with E-state index >= 15 is 0 Å². The van der Waals surface area contributed by atoms with Gasteiger partial charge in [-0.3, -0.25) is 0 Å². The minimum Gasteiger partial charge on any atom is -0.495 e. The second-order valence-electron chi connectivity index (χ2n) is 4.84. The lowest BCUT2D eigenvalue weighted by Gasteiger charge is -2.25. The first-order chi connectivity index (χ1) is 8.63. The molecular formula is C14H20BrNO2. The zero-order chi connectivity index (χ0) is 13.1. The molecule has 1 aromatic carbocycles. The van der Waals surface area contributed by atoms with Crippen molar-refractivity contribution < 1.29 is 9.47 Å². The van der Waals surface area contributed by atoms with E-state index in [9.17, 15) is 0 Å². The fourth-order valence-electron chi connectivity index (χ4n) is 2.25. The van der Waals surface area contributed by atoms with E-state index in [0.29, 0.717) is 5.92 Å². The van der Waals surface area contributed by atoms with E-state index in [1.54, 1.807) is 7.11 Å². The SMILES string of the molecule is COc1c(Br)cc(C2CNCCO2)cc1C(C)C. The van der Waals surface area contributed by atoms with Gasteiger partial charge >= 0.3 is 0 Å². The quantitative estimate of drug-likeness (QED) is 0.929. The third-order valence-corrected chi connectivity index (χ3v) is 3.81. The Balaban J connectivity index is 2.37. The molecule has 1 unspecified atom stereocenters. The number of hydrogen-bond donors (Lipinski definition) is 1. The van der Waals surface area contributed by atoms with Crippen LogP contribution in [0.3, 0.4) is 0 Å². The predicted octanol–water partition coefficient (Wildman–Crippen LogP) is 3.24. The highest BCUT2D eigenvalue weighted by molar-refractivity contribution is 9.10. The zero-order valence-corrected chi connectivity index (χ0v) is 12.7. The van der Waals surface area contributed by atoms with Gasteiger partial charge in [-0.25, -0.2) is 0 Å². The highest BCUT2D eigenvalue weighted by Gasteiger charge is 2.20. The van der Waals surface area contributed by atoms with Crippen molar-refractivity contribution in [3.05, 3.63) is 27.7 Å². The Morgan fingerprint density at radius 3 is 2.78 bits per heavy atom. The van der Waals surface area contributed by atoms with E-state index in [1.807, 2.05) is 0 Å². The number of halogens is 1. The monoisotopic (exact) mass is 313 g/mol. The summed E-state index contributed by atoms with van der Waals surface area (Å²) < 4.78 is 12.3. The third-order valence-electron chi connectivity index (χ3n) is 3.22. The molecule has 1 atom stereocenters. The van der Waals surface area contributed by atoms with Crippen LogP contribution in [0.2, 0.25) is 0 Å². The number of hydrogen-bond acceptors (Lipinski definition) is 3. The van der Waals surface area contributed by atoms with Crippen LogP contribution >= 0.6 is 15.9 Å². The summed E-state index contributed by atoms with van der Waals surface area (Å²) in [6.45, 7) is 6.93. The fraction of sp³-hybridized carbons (Fsp3) is 0.571. The molecule has 1 N–H and O–H groups in total. The van der Waals surface area contributed by atoms with Gasteiger partial charge in [-0.1, -0.05) is 13.8 Å². The molecule has 1 fully saturated rings. The predicted molar refractivity (Wildman–Crippen MR) is 76.3 cm³/mol. The van der Waals surface area contributed by atoms with Crippen LogP contribution in [0.4, 0.5) is 0 Å². The largest absolute Gasteiger partial charge is 0.495 e. The van der Waals surface area contributed by atoms with Crippen molar-refractivity contribution in [1.29, 1.82) is 0 Å². The lowest BCUT2D eigenvalue weighted by atomic mass is 9.97. The van der Waals surface area contributed by atoms with Gasteiger partial charge < -0.3 is 14.8 Å². The number of ether oxygens (including phenoxy) is 2. The zero-order valence-electron chi connectivity index (χ0n) is 11.1. The Bertz CT molecular complexity index is 415. The topological polar surface area (TPSA) is 30.5 Å². The molecule has 1 saturated heterocycles. The maximum absolute atomic E-state index is 5.80. The summed E-state index contributed by atoms with van der Waals surface area (Å²) in [5.41, 5.74) is 2.43. The van der Waals surface area contributed by atoms with Crippen molar-refractivity contribution in [3.8, 4) is 5.75 Å². The van der Waals surface area contributed by atoms with Crippen LogP contribution in [0.15, 0.2) is 16.6 Å². The molecule has 1 aliphatic heterocycles. The number of benzene rings is 1. The van der Waals surface area contributed by atoms with E-state index < -0.39 is 0 Å². The molecule has 0 spiro atoms. The fourth-order valence-corrected chi connectivity index (χ4v) is 2.90. The van der Waals surface area contributed by atoms with Crippen molar-refractivity contribution in [2.45, 2.75) is 25.9 Å². The summed E-state index contributed by atoms with van der Waals surface area (Å²) in [6.07, 6.45) is 0.137. The van der Waals surface area contributed by atoms with Crippen LogP contribution in [-0.4, -0.2) is 26.8 Å². The molecule has 18 heavy (non-hydrogen) atoms. The van der Waals surface area contributed by atoms with E-state index in [-0.39, 0.29) is 6.10 Å². The average Bonchev–Trinajstić information content (AvgIpc) is 2.38. The van der Waals surface area contributed by atoms with Gasteiger partial charge in [0.2, 0.25) is 0 Å². The Labute approximate surface area is 117 Å². The van der Waals surface area contributed by atoms with Crippen molar-refractivity contribution in [2.24, 2.45) is 0 Å². The Hall–Kier alpha value is -0.580. The summed E-state index contributed by atoms with van der Waals surface area (Å²) in [5, 5.41) is 3.36. The molecule has 3 nitrogen and oxygen atoms in total. The molecule has 0 radical (unpaired) electrons. The molecule has 1 heterocycles. The van der Waals surface area contributed by atoms with Gasteiger partial charge in [-0.05, 0) is 45.1 Å². The van der Waals surface area contributed by atoms with Crippen LogP contribution in [-0.2, 0) is 4.74 Å². The molecule has 0 saturated carbocycles. The number of nitrogens with one attached hydrogen (secondary N) is 1. The van der Waals surface area contributed by atoms with Crippen LogP contribution in [0, 0.1) is 0 Å². The molecular weight excluding hydrogens is 294 g/mol. The van der Waals surface area contributed by atoms with Gasteiger partial charge in [-0.15, -0.1) is 0 Å². The van der Waals surface area contributed by atoms with Gasteiger partial charge in [0.1, 0.15) is 5.75 Å². The van der Waals surface area contributed by atoms with Gasteiger partial charge in [0.25, 0.3) is 0 Å². The molecule has 0 amide bonds. The summed E-state index contributed by atoms with van der Waals surface area (Å²) in [4.78, 5) is 0. The summed E-state index contributed by atoms with van der Waals surface area (Å²) in [7, 11) is 1.71. The molecule has 1 aliphatic rings. The van der Waals surface area contributed by atoms with Crippen molar-refractivity contribution in [3.63, 3.8) is 0 Å². The van der Waals surface area contributed by atoms with Crippen molar-refractivity contribution >= 4 is 15.9 Å². The standard InChI is InChI=1S/C14H20BrNO2/c1-9(2)11-6-10(7-12(15)14(11)17-3)13-8-16-4-5-18-13/h6-7,9,13,16H,4-5,8H2,1-3H3. The Kier molecular flexibility index (Phi) is 4.65. The lowest BCUT2D eigenvalue weighted by molar-refractivity contribution is 0.0276. The first-order valence-corrected chi connectivity index (χ1v) is 7.12. The molecule has 100 valence electrons. The van der Waals surface area contributed by atoms with Crippen molar-refractivity contribution in [2.75, 3.05) is 26.8 Å². The first-order valence-electron chi connectivity index (χ1n) is 6.33. The normalized spacial score (nSPS) is 20.2. The van der Waals surface area contributed by atoms with Crippen molar-refractivity contribution in [1.82, 2.24) is 5.32 Å². The highest BCUT2D eigenvalue weighted by atomic mass is 79.9. The number of morpholine rings is 1. The first kappa shape index (κ1) is 13.8. The molecule has 2 rings (SSSR count). The van der Waals surface area contributed by atoms with Crippen LogP contribution in [0.1, 0.15) is 37.0 Å². The molecule has 0 bridgehead atoms. The summed E-state index contributed by atoms with van der Waals surface area (Å²) >= 11 is 3.59. The summed E-state index contributed by atoms with van der Waals surface area (Å²) in [5.74, 6) is 1.35. The van der Waals surface area contributed by atoms with Crippen LogP contribution in [0.5, 0.6) is 5.75 Å². The van der Waals surface area contributed by atoms with E-state index in [4.69, 9.17) is 9.47 Å². The maximum atomic E-state index is 5.80. The van der Waals surface area contributed by atoms with Gasteiger partial charge in [0.15, 0.2) is 0 Å². The number of methoxy groups -OCH3 is 1. The van der Waals surface area contributed by atoms with Crippen LogP contribution < -0.4 is 10.1 Å². The van der Waals surface area contributed by atoms with Crippen LogP contribution in [0.25, 0.3) is 0 Å². The smallest absolute Gasteiger partial charge is 0.136 e. The molecule has 0 aliphatic carbocycles. The summed E-state index contributed by atoms with van der Waals surface area (Å²) in [6, 6.07) is 4.30. The Morgan fingerprint density at radius 2 is 2.22 bits per heavy atom. The molecule has 0 aromatic heterocycles. The second-order valence-corrected chi connectivity index (χ2v) is 5.70.